The lowest BCUT2D eigenvalue weighted by atomic mass is 9.82. The topological polar surface area (TPSA) is 76.7 Å². The lowest BCUT2D eigenvalue weighted by Crippen LogP contribution is -2.50. The van der Waals surface area contributed by atoms with Gasteiger partial charge in [0.1, 0.15) is 12.2 Å². The van der Waals surface area contributed by atoms with E-state index in [4.69, 9.17) is 55.9 Å². The maximum atomic E-state index is 12.2. The van der Waals surface area contributed by atoms with Crippen LogP contribution in [-0.2, 0) is 9.47 Å². The Morgan fingerprint density at radius 3 is 2.31 bits per heavy atom. The van der Waals surface area contributed by atoms with E-state index in [-0.39, 0.29) is 24.6 Å². The third-order valence-corrected chi connectivity index (χ3v) is 6.43. The summed E-state index contributed by atoms with van der Waals surface area (Å²) >= 11 is 24.6. The Labute approximate surface area is 213 Å². The fraction of sp³-hybridized carbons (Fsp3) is 0.619. The number of carbonyl (C=O) groups is 2. The molecule has 1 aliphatic carbocycles. The van der Waals surface area contributed by atoms with E-state index in [2.05, 4.69) is 10.6 Å². The molecule has 0 heterocycles. The minimum absolute atomic E-state index is 0.0593. The van der Waals surface area contributed by atoms with Crippen LogP contribution in [0.5, 0.6) is 0 Å². The summed E-state index contributed by atoms with van der Waals surface area (Å²) in [4.78, 5) is 25.5. The van der Waals surface area contributed by atoms with Crippen LogP contribution in [0.1, 0.15) is 40.0 Å². The first kappa shape index (κ1) is 27.5. The Morgan fingerprint density at radius 2 is 1.72 bits per heavy atom. The van der Waals surface area contributed by atoms with Crippen LogP contribution >= 0.6 is 58.2 Å². The molecule has 3 atom stereocenters. The summed E-state index contributed by atoms with van der Waals surface area (Å²) in [5.74, 6) is 0.800. The monoisotopic (exact) mass is 544 g/mol. The lowest BCUT2D eigenvalue weighted by molar-refractivity contribution is 0.0478. The van der Waals surface area contributed by atoms with Gasteiger partial charge in [-0.25, -0.2) is 9.59 Å². The Kier molecular flexibility index (Phi) is 10.4. The van der Waals surface area contributed by atoms with E-state index in [1.165, 1.54) is 0 Å². The summed E-state index contributed by atoms with van der Waals surface area (Å²) in [6, 6.07) is 7.36. The summed E-state index contributed by atoms with van der Waals surface area (Å²) in [5.41, 5.74) is -0.571. The van der Waals surface area contributed by atoms with Gasteiger partial charge in [0, 0.05) is 27.8 Å². The van der Waals surface area contributed by atoms with E-state index in [1.54, 1.807) is 11.8 Å². The van der Waals surface area contributed by atoms with Crippen molar-refractivity contribution in [2.45, 2.75) is 66.4 Å². The number of amides is 2. The van der Waals surface area contributed by atoms with Crippen molar-refractivity contribution in [2.24, 2.45) is 5.92 Å². The largest absolute Gasteiger partial charge is 0.445 e. The van der Waals surface area contributed by atoms with E-state index in [1.807, 2.05) is 45.0 Å². The number of alkyl halides is 3. The minimum atomic E-state index is -1.67. The number of rotatable bonds is 6. The molecule has 1 aromatic rings. The van der Waals surface area contributed by atoms with Gasteiger partial charge in [-0.3, -0.25) is 0 Å². The van der Waals surface area contributed by atoms with E-state index in [0.717, 1.165) is 10.6 Å². The second-order valence-electron chi connectivity index (χ2n) is 8.62. The van der Waals surface area contributed by atoms with Crippen LogP contribution in [0.4, 0.5) is 9.59 Å². The third-order valence-electron chi connectivity index (χ3n) is 4.65. The van der Waals surface area contributed by atoms with Crippen LogP contribution in [0.2, 0.25) is 5.02 Å². The van der Waals surface area contributed by atoms with Crippen molar-refractivity contribution in [3.63, 3.8) is 0 Å². The lowest BCUT2D eigenvalue weighted by Gasteiger charge is -2.36. The highest BCUT2D eigenvalue weighted by Gasteiger charge is 2.34. The zero-order valence-corrected chi connectivity index (χ0v) is 22.0. The fourth-order valence-electron chi connectivity index (χ4n) is 3.32. The van der Waals surface area contributed by atoms with Gasteiger partial charge in [-0.15, -0.1) is 11.8 Å². The molecular formula is C21H28Cl4N2O4S. The van der Waals surface area contributed by atoms with E-state index in [0.29, 0.717) is 24.3 Å². The van der Waals surface area contributed by atoms with Crippen molar-refractivity contribution in [1.82, 2.24) is 10.6 Å². The molecule has 0 aromatic heterocycles. The maximum Gasteiger partial charge on any atom is 0.407 e. The van der Waals surface area contributed by atoms with E-state index < -0.39 is 21.6 Å². The summed E-state index contributed by atoms with van der Waals surface area (Å²) in [6.07, 6.45) is 0.947. The standard InChI is InChI=1S/C21H28Cl4N2O4S/c1-20(2,3)31-19(29)26-15-6-9-17(27-18(28)30-12-21(23,24)25)13(10-15)11-32-16-7-4-14(22)5-8-16/h4-5,7-8,13,15,17H,6,9-12H2,1-3H3,(H,26,29)(H,27,28). The number of hydrogen-bond donors (Lipinski definition) is 2. The summed E-state index contributed by atoms with van der Waals surface area (Å²) in [6.45, 7) is 5.12. The predicted molar refractivity (Wildman–Crippen MR) is 131 cm³/mol. The molecule has 0 radical (unpaired) electrons. The molecule has 1 aliphatic rings. The number of thioether (sulfide) groups is 1. The van der Waals surface area contributed by atoms with Crippen LogP contribution < -0.4 is 10.6 Å². The normalized spacial score (nSPS) is 21.5. The molecule has 2 rings (SSSR count). The van der Waals surface area contributed by atoms with Gasteiger partial charge in [-0.05, 0) is 70.2 Å². The van der Waals surface area contributed by atoms with Gasteiger partial charge in [0.2, 0.25) is 3.79 Å². The van der Waals surface area contributed by atoms with Crippen LogP contribution in [-0.4, -0.2) is 46.0 Å². The smallest absolute Gasteiger partial charge is 0.407 e. The second kappa shape index (κ2) is 12.1. The minimum Gasteiger partial charge on any atom is -0.445 e. The molecule has 3 unspecified atom stereocenters. The van der Waals surface area contributed by atoms with E-state index in [9.17, 15) is 9.59 Å². The summed E-state index contributed by atoms with van der Waals surface area (Å²) in [5, 5.41) is 6.50. The third kappa shape index (κ3) is 10.9. The highest BCUT2D eigenvalue weighted by Crippen LogP contribution is 2.32. The highest BCUT2D eigenvalue weighted by molar-refractivity contribution is 7.99. The van der Waals surface area contributed by atoms with E-state index >= 15 is 0 Å². The number of alkyl carbamates (subject to hydrolysis) is 2. The average molecular weight is 546 g/mol. The van der Waals surface area contributed by atoms with Crippen molar-refractivity contribution in [3.8, 4) is 0 Å². The molecule has 0 spiro atoms. The van der Waals surface area contributed by atoms with Gasteiger partial charge >= 0.3 is 12.2 Å². The average Bonchev–Trinajstić information content (AvgIpc) is 2.65. The van der Waals surface area contributed by atoms with Gasteiger partial charge in [0.05, 0.1) is 0 Å². The zero-order valence-electron chi connectivity index (χ0n) is 18.1. The van der Waals surface area contributed by atoms with Crippen LogP contribution in [0.15, 0.2) is 29.2 Å². The van der Waals surface area contributed by atoms with Gasteiger partial charge in [0.25, 0.3) is 0 Å². The number of carbonyl (C=O) groups excluding carboxylic acids is 2. The number of ether oxygens (including phenoxy) is 2. The highest BCUT2D eigenvalue weighted by atomic mass is 35.6. The first-order chi connectivity index (χ1) is 14.8. The molecule has 0 bridgehead atoms. The SMILES string of the molecule is CC(C)(C)OC(=O)NC1CCC(NC(=O)OCC(Cl)(Cl)Cl)C(CSc2ccc(Cl)cc2)C1. The first-order valence-corrected chi connectivity index (χ1v) is 12.7. The van der Waals surface area contributed by atoms with Crippen LogP contribution in [0.3, 0.4) is 0 Å². The van der Waals surface area contributed by atoms with Gasteiger partial charge in [0.15, 0.2) is 0 Å². The first-order valence-electron chi connectivity index (χ1n) is 10.2. The Balaban J connectivity index is 1.99. The van der Waals surface area contributed by atoms with Crippen molar-refractivity contribution >= 4 is 70.4 Å². The molecule has 0 aliphatic heterocycles. The predicted octanol–water partition coefficient (Wildman–Crippen LogP) is 6.59. The molecule has 180 valence electrons. The number of benzene rings is 1. The van der Waals surface area contributed by atoms with Crippen molar-refractivity contribution in [1.29, 1.82) is 0 Å². The Bertz CT molecular complexity index is 769. The number of halogens is 4. The zero-order chi connectivity index (χ0) is 23.9. The van der Waals surface area contributed by atoms with Crippen molar-refractivity contribution < 1.29 is 19.1 Å². The molecule has 1 saturated carbocycles. The Hall–Kier alpha value is -0.730. The molecule has 32 heavy (non-hydrogen) atoms. The quantitative estimate of drug-likeness (QED) is 0.311. The molecule has 2 N–H and O–H groups in total. The molecule has 0 saturated heterocycles. The second-order valence-corrected chi connectivity index (χ2v) is 12.7. The molecule has 11 heteroatoms. The molecule has 6 nitrogen and oxygen atoms in total. The van der Waals surface area contributed by atoms with Gasteiger partial charge in [-0.1, -0.05) is 46.4 Å². The fourth-order valence-corrected chi connectivity index (χ4v) is 4.71. The molecule has 1 aromatic carbocycles. The maximum absolute atomic E-state index is 12.2. The van der Waals surface area contributed by atoms with Crippen LogP contribution in [0.25, 0.3) is 0 Å². The Morgan fingerprint density at radius 1 is 1.06 bits per heavy atom. The molecule has 2 amide bonds. The van der Waals surface area contributed by atoms with Gasteiger partial charge in [-0.2, -0.15) is 0 Å². The number of hydrogen-bond acceptors (Lipinski definition) is 5. The molecular weight excluding hydrogens is 518 g/mol. The van der Waals surface area contributed by atoms with Gasteiger partial charge < -0.3 is 20.1 Å². The summed E-state index contributed by atoms with van der Waals surface area (Å²) in [7, 11) is 0. The van der Waals surface area contributed by atoms with Crippen LogP contribution in [0, 0.1) is 5.92 Å². The molecule has 1 fully saturated rings. The summed E-state index contributed by atoms with van der Waals surface area (Å²) < 4.78 is 8.73. The van der Waals surface area contributed by atoms with Crippen molar-refractivity contribution in [2.75, 3.05) is 12.4 Å². The van der Waals surface area contributed by atoms with Crippen molar-refractivity contribution in [3.05, 3.63) is 29.3 Å². The number of nitrogens with one attached hydrogen (secondary N) is 2.